The van der Waals surface area contributed by atoms with Crippen LogP contribution in [0.15, 0.2) is 0 Å². The molecule has 0 N–H and O–H groups in total. The fraction of sp³-hybridized carbons (Fsp3) is 1.00. The van der Waals surface area contributed by atoms with Crippen LogP contribution in [-0.4, -0.2) is 86.3 Å². The minimum Gasteiger partial charge on any atom is -0.378 e. The van der Waals surface area contributed by atoms with E-state index in [1.165, 1.54) is 84.6 Å². The molecule has 1 saturated carbocycles. The van der Waals surface area contributed by atoms with Crippen molar-refractivity contribution in [2.45, 2.75) is 52.6 Å². The van der Waals surface area contributed by atoms with Crippen LogP contribution in [0, 0.1) is 11.3 Å². The van der Waals surface area contributed by atoms with Crippen molar-refractivity contribution in [3.05, 3.63) is 0 Å². The van der Waals surface area contributed by atoms with Crippen LogP contribution in [0.25, 0.3) is 0 Å². The van der Waals surface area contributed by atoms with Gasteiger partial charge in [-0.25, -0.2) is 0 Å². The minimum atomic E-state index is 0.374. The Labute approximate surface area is 149 Å². The molecule has 0 radical (unpaired) electrons. The molecule has 3 fully saturated rings. The zero-order chi connectivity index (χ0) is 17.0. The fourth-order valence-electron chi connectivity index (χ4n) is 4.32. The van der Waals surface area contributed by atoms with Gasteiger partial charge in [0.15, 0.2) is 0 Å². The van der Waals surface area contributed by atoms with Crippen LogP contribution in [0.3, 0.4) is 0 Å². The summed E-state index contributed by atoms with van der Waals surface area (Å²) in [5.74, 6) is 0.938. The predicted molar refractivity (Wildman–Crippen MR) is 100 cm³/mol. The third-order valence-corrected chi connectivity index (χ3v) is 6.37. The van der Waals surface area contributed by atoms with E-state index in [9.17, 15) is 0 Å². The van der Waals surface area contributed by atoms with Gasteiger partial charge in [-0.1, -0.05) is 6.92 Å². The summed E-state index contributed by atoms with van der Waals surface area (Å²) in [7, 11) is 0. The lowest BCUT2D eigenvalue weighted by Crippen LogP contribution is -2.50. The Morgan fingerprint density at radius 1 is 0.917 bits per heavy atom. The first-order valence-corrected chi connectivity index (χ1v) is 10.4. The molecule has 2 aliphatic heterocycles. The Morgan fingerprint density at radius 3 is 2.08 bits per heavy atom. The number of ether oxygens (including phenoxy) is 1. The summed E-state index contributed by atoms with van der Waals surface area (Å²) in [6, 6.07) is 0. The van der Waals surface area contributed by atoms with Crippen molar-refractivity contribution >= 4 is 0 Å². The number of rotatable bonds is 8. The highest BCUT2D eigenvalue weighted by molar-refractivity contribution is 4.96. The normalized spacial score (nSPS) is 27.0. The molecule has 0 spiro atoms. The van der Waals surface area contributed by atoms with Crippen molar-refractivity contribution in [3.8, 4) is 0 Å². The van der Waals surface area contributed by atoms with Crippen molar-refractivity contribution in [1.29, 1.82) is 0 Å². The van der Waals surface area contributed by atoms with Gasteiger partial charge in [-0.05, 0) is 65.1 Å². The molecule has 140 valence electrons. The van der Waals surface area contributed by atoms with E-state index in [0.29, 0.717) is 11.5 Å². The lowest BCUT2D eigenvalue weighted by molar-refractivity contribution is 0.0213. The van der Waals surface area contributed by atoms with Gasteiger partial charge in [-0.15, -0.1) is 0 Å². The molecule has 0 atom stereocenters. The number of piperazine rings is 1. The Bertz CT molecular complexity index is 367. The Kier molecular flexibility index (Phi) is 6.58. The van der Waals surface area contributed by atoms with E-state index in [4.69, 9.17) is 4.74 Å². The molecule has 4 nitrogen and oxygen atoms in total. The van der Waals surface area contributed by atoms with Gasteiger partial charge in [0, 0.05) is 44.7 Å². The van der Waals surface area contributed by atoms with Crippen LogP contribution >= 0.6 is 0 Å². The SMILES string of the molecule is CCN1CCC(CN2CCN(CC3(COC(C)C)CC3)CC2)CC1. The van der Waals surface area contributed by atoms with Crippen molar-refractivity contribution in [1.82, 2.24) is 14.7 Å². The van der Waals surface area contributed by atoms with Gasteiger partial charge < -0.3 is 19.4 Å². The summed E-state index contributed by atoms with van der Waals surface area (Å²) in [5.41, 5.74) is 0.499. The summed E-state index contributed by atoms with van der Waals surface area (Å²) < 4.78 is 5.91. The number of hydrogen-bond acceptors (Lipinski definition) is 4. The molecule has 3 aliphatic rings. The van der Waals surface area contributed by atoms with Gasteiger partial charge in [0.2, 0.25) is 0 Å². The smallest absolute Gasteiger partial charge is 0.0538 e. The van der Waals surface area contributed by atoms with Gasteiger partial charge in [0.1, 0.15) is 0 Å². The van der Waals surface area contributed by atoms with Gasteiger partial charge in [-0.2, -0.15) is 0 Å². The lowest BCUT2D eigenvalue weighted by atomic mass is 9.96. The predicted octanol–water partition coefficient (Wildman–Crippen LogP) is 2.54. The first-order chi connectivity index (χ1) is 11.6. The number of nitrogens with zero attached hydrogens (tertiary/aromatic N) is 3. The second kappa shape index (κ2) is 8.48. The maximum absolute atomic E-state index is 5.91. The summed E-state index contributed by atoms with van der Waals surface area (Å²) in [5, 5.41) is 0. The molecule has 0 unspecified atom stereocenters. The van der Waals surface area contributed by atoms with E-state index < -0.39 is 0 Å². The zero-order valence-corrected chi connectivity index (χ0v) is 16.3. The van der Waals surface area contributed by atoms with Crippen LogP contribution in [0.5, 0.6) is 0 Å². The molecule has 2 saturated heterocycles. The summed E-state index contributed by atoms with van der Waals surface area (Å²) in [6.45, 7) is 19.1. The van der Waals surface area contributed by atoms with Crippen molar-refractivity contribution < 1.29 is 4.74 Å². The van der Waals surface area contributed by atoms with Crippen molar-refractivity contribution in [2.24, 2.45) is 11.3 Å². The number of likely N-dealkylation sites (tertiary alicyclic amines) is 1. The average molecular weight is 338 g/mol. The van der Waals surface area contributed by atoms with E-state index in [2.05, 4.69) is 35.5 Å². The van der Waals surface area contributed by atoms with Crippen molar-refractivity contribution in [2.75, 3.05) is 65.5 Å². The molecule has 1 aliphatic carbocycles. The highest BCUT2D eigenvalue weighted by Gasteiger charge is 2.44. The van der Waals surface area contributed by atoms with E-state index in [-0.39, 0.29) is 0 Å². The molecule has 0 aromatic heterocycles. The first-order valence-electron chi connectivity index (χ1n) is 10.4. The van der Waals surface area contributed by atoms with Gasteiger partial charge in [-0.3, -0.25) is 0 Å². The molecule has 0 bridgehead atoms. The third kappa shape index (κ3) is 5.42. The van der Waals surface area contributed by atoms with E-state index in [1.54, 1.807) is 0 Å². The van der Waals surface area contributed by atoms with Crippen molar-refractivity contribution in [3.63, 3.8) is 0 Å². The summed E-state index contributed by atoms with van der Waals surface area (Å²) in [4.78, 5) is 8.03. The number of hydrogen-bond donors (Lipinski definition) is 0. The standard InChI is InChI=1S/C20H39N3O/c1-4-21-9-5-19(6-10-21)15-22-11-13-23(14-12-22)16-20(7-8-20)17-24-18(2)3/h18-19H,4-17H2,1-3H3. The number of piperidine rings is 1. The molecular weight excluding hydrogens is 298 g/mol. The molecule has 0 aromatic carbocycles. The quantitative estimate of drug-likeness (QED) is 0.677. The molecule has 3 rings (SSSR count). The van der Waals surface area contributed by atoms with Gasteiger partial charge in [0.25, 0.3) is 0 Å². The minimum absolute atomic E-state index is 0.374. The molecule has 0 amide bonds. The average Bonchev–Trinajstić information content (AvgIpc) is 3.35. The second-order valence-corrected chi connectivity index (χ2v) is 8.81. The maximum atomic E-state index is 5.91. The highest BCUT2D eigenvalue weighted by atomic mass is 16.5. The van der Waals surface area contributed by atoms with E-state index in [0.717, 1.165) is 12.5 Å². The Morgan fingerprint density at radius 2 is 1.54 bits per heavy atom. The van der Waals surface area contributed by atoms with Crippen LogP contribution in [0.1, 0.15) is 46.5 Å². The Hall–Kier alpha value is -0.160. The summed E-state index contributed by atoms with van der Waals surface area (Å²) >= 11 is 0. The van der Waals surface area contributed by atoms with E-state index in [1.807, 2.05) is 0 Å². The molecular formula is C20H39N3O. The second-order valence-electron chi connectivity index (χ2n) is 8.81. The maximum Gasteiger partial charge on any atom is 0.0538 e. The highest BCUT2D eigenvalue weighted by Crippen LogP contribution is 2.46. The fourth-order valence-corrected chi connectivity index (χ4v) is 4.32. The topological polar surface area (TPSA) is 19.0 Å². The van der Waals surface area contributed by atoms with Gasteiger partial charge >= 0.3 is 0 Å². The van der Waals surface area contributed by atoms with Crippen LogP contribution in [0.4, 0.5) is 0 Å². The van der Waals surface area contributed by atoms with Crippen LogP contribution < -0.4 is 0 Å². The largest absolute Gasteiger partial charge is 0.378 e. The summed E-state index contributed by atoms with van der Waals surface area (Å²) in [6.07, 6.45) is 5.93. The zero-order valence-electron chi connectivity index (χ0n) is 16.3. The molecule has 4 heteroatoms. The van der Waals surface area contributed by atoms with Crippen LogP contribution in [0.2, 0.25) is 0 Å². The Balaban J connectivity index is 1.33. The first kappa shape index (κ1) is 18.6. The molecule has 2 heterocycles. The molecule has 0 aromatic rings. The monoisotopic (exact) mass is 337 g/mol. The lowest BCUT2D eigenvalue weighted by Gasteiger charge is -2.39. The third-order valence-electron chi connectivity index (χ3n) is 6.37. The van der Waals surface area contributed by atoms with Crippen LogP contribution in [-0.2, 0) is 4.74 Å². The van der Waals surface area contributed by atoms with Gasteiger partial charge in [0.05, 0.1) is 12.7 Å². The molecule has 24 heavy (non-hydrogen) atoms. The van der Waals surface area contributed by atoms with E-state index >= 15 is 0 Å².